The molecule has 0 aromatic carbocycles. The minimum atomic E-state index is -0.644. The number of carbonyl (C=O) groups is 1. The van der Waals surface area contributed by atoms with Gasteiger partial charge in [0.05, 0.1) is 23.9 Å². The summed E-state index contributed by atoms with van der Waals surface area (Å²) in [5, 5.41) is 10.2. The Labute approximate surface area is 127 Å². The topological polar surface area (TPSA) is 66.3 Å². The Morgan fingerprint density at radius 1 is 1.32 bits per heavy atom. The van der Waals surface area contributed by atoms with Crippen molar-refractivity contribution in [2.75, 3.05) is 6.54 Å². The van der Waals surface area contributed by atoms with Crippen molar-refractivity contribution in [3.05, 3.63) is 59.9 Å². The molecular weight excluding hydrogens is 285 g/mol. The first-order valence-electron chi connectivity index (χ1n) is 7.14. The minimum Gasteiger partial charge on any atom is -0.391 e. The summed E-state index contributed by atoms with van der Waals surface area (Å²) in [4.78, 5) is 21.8. The highest BCUT2D eigenvalue weighted by Crippen LogP contribution is 2.24. The summed E-state index contributed by atoms with van der Waals surface area (Å²) < 4.78 is 13.8. The fourth-order valence-electron chi connectivity index (χ4n) is 2.80. The van der Waals surface area contributed by atoms with Crippen LogP contribution in [0, 0.1) is 5.82 Å². The Bertz CT molecular complexity index is 665. The van der Waals surface area contributed by atoms with Gasteiger partial charge >= 0.3 is 0 Å². The van der Waals surface area contributed by atoms with E-state index >= 15 is 0 Å². The normalized spacial score (nSPS) is 21.1. The number of nitrogens with zero attached hydrogens (tertiary/aromatic N) is 3. The maximum absolute atomic E-state index is 13.8. The van der Waals surface area contributed by atoms with E-state index in [9.17, 15) is 14.3 Å². The lowest BCUT2D eigenvalue weighted by molar-refractivity contribution is 0.0635. The SMILES string of the molecule is O=C(c1ccncc1F)N1CC[C@H](O)[C@@H]1Cc1cccnc1. The lowest BCUT2D eigenvalue weighted by atomic mass is 10.0. The highest BCUT2D eigenvalue weighted by atomic mass is 19.1. The molecule has 114 valence electrons. The molecule has 0 radical (unpaired) electrons. The summed E-state index contributed by atoms with van der Waals surface area (Å²) in [6.07, 6.45) is 6.16. The zero-order valence-electron chi connectivity index (χ0n) is 11.9. The predicted molar refractivity (Wildman–Crippen MR) is 77.6 cm³/mol. The molecule has 1 fully saturated rings. The van der Waals surface area contributed by atoms with Crippen molar-refractivity contribution >= 4 is 5.91 Å². The van der Waals surface area contributed by atoms with Crippen LogP contribution in [0.4, 0.5) is 4.39 Å². The fraction of sp³-hybridized carbons (Fsp3) is 0.312. The number of rotatable bonds is 3. The number of amides is 1. The van der Waals surface area contributed by atoms with E-state index in [0.717, 1.165) is 11.8 Å². The van der Waals surface area contributed by atoms with Crippen molar-refractivity contribution in [1.82, 2.24) is 14.9 Å². The smallest absolute Gasteiger partial charge is 0.257 e. The Hall–Kier alpha value is -2.34. The molecule has 0 bridgehead atoms. The lowest BCUT2D eigenvalue weighted by Gasteiger charge is -2.26. The molecule has 0 unspecified atom stereocenters. The van der Waals surface area contributed by atoms with Crippen LogP contribution in [0.2, 0.25) is 0 Å². The number of pyridine rings is 2. The summed E-state index contributed by atoms with van der Waals surface area (Å²) in [7, 11) is 0. The minimum absolute atomic E-state index is 0.0136. The average molecular weight is 301 g/mol. The van der Waals surface area contributed by atoms with Gasteiger partial charge in [0, 0.05) is 25.1 Å². The highest BCUT2D eigenvalue weighted by Gasteiger charge is 2.37. The van der Waals surface area contributed by atoms with E-state index in [1.807, 2.05) is 12.1 Å². The second-order valence-corrected chi connectivity index (χ2v) is 5.34. The number of halogens is 1. The molecular formula is C16H16FN3O2. The van der Waals surface area contributed by atoms with Gasteiger partial charge in [0.1, 0.15) is 0 Å². The summed E-state index contributed by atoms with van der Waals surface area (Å²) in [5.41, 5.74) is 0.918. The van der Waals surface area contributed by atoms with E-state index in [2.05, 4.69) is 9.97 Å². The quantitative estimate of drug-likeness (QED) is 0.931. The number of aliphatic hydroxyl groups is 1. The van der Waals surface area contributed by atoms with Crippen molar-refractivity contribution in [2.45, 2.75) is 25.0 Å². The fourth-order valence-corrected chi connectivity index (χ4v) is 2.80. The van der Waals surface area contributed by atoms with Gasteiger partial charge in [-0.25, -0.2) is 4.39 Å². The molecule has 2 aromatic heterocycles. The third-order valence-corrected chi connectivity index (χ3v) is 3.94. The molecule has 0 saturated carbocycles. The summed E-state index contributed by atoms with van der Waals surface area (Å²) in [6, 6.07) is 4.70. The molecule has 1 aliphatic heterocycles. The molecule has 0 spiro atoms. The average Bonchev–Trinajstić information content (AvgIpc) is 2.89. The van der Waals surface area contributed by atoms with Crippen LogP contribution in [0.5, 0.6) is 0 Å². The van der Waals surface area contributed by atoms with Gasteiger partial charge in [-0.05, 0) is 30.5 Å². The number of likely N-dealkylation sites (tertiary alicyclic amines) is 1. The lowest BCUT2D eigenvalue weighted by Crippen LogP contribution is -2.41. The van der Waals surface area contributed by atoms with Gasteiger partial charge in [0.25, 0.3) is 5.91 Å². The predicted octanol–water partition coefficient (Wildman–Crippen LogP) is 1.43. The molecule has 2 aromatic rings. The summed E-state index contributed by atoms with van der Waals surface area (Å²) in [6.45, 7) is 0.409. The zero-order chi connectivity index (χ0) is 15.5. The number of carbonyl (C=O) groups excluding carboxylic acids is 1. The summed E-state index contributed by atoms with van der Waals surface area (Å²) >= 11 is 0. The van der Waals surface area contributed by atoms with Gasteiger partial charge in [-0.3, -0.25) is 14.8 Å². The Morgan fingerprint density at radius 3 is 2.86 bits per heavy atom. The van der Waals surface area contributed by atoms with E-state index in [4.69, 9.17) is 0 Å². The Morgan fingerprint density at radius 2 is 2.14 bits per heavy atom. The summed E-state index contributed by atoms with van der Waals surface area (Å²) in [5.74, 6) is -1.06. The van der Waals surface area contributed by atoms with Gasteiger partial charge in [0.15, 0.2) is 5.82 Å². The van der Waals surface area contributed by atoms with Gasteiger partial charge in [-0.2, -0.15) is 0 Å². The first-order valence-corrected chi connectivity index (χ1v) is 7.14. The molecule has 1 saturated heterocycles. The standard InChI is InChI=1S/C16H16FN3O2/c17-13-10-19-6-3-12(13)16(22)20-7-4-15(21)14(20)8-11-2-1-5-18-9-11/h1-3,5-6,9-10,14-15,21H,4,7-8H2/t14-,15-/m0/s1. The van der Waals surface area contributed by atoms with Gasteiger partial charge < -0.3 is 10.0 Å². The molecule has 6 heteroatoms. The maximum atomic E-state index is 13.8. The van der Waals surface area contributed by atoms with Crippen LogP contribution in [0.15, 0.2) is 43.0 Å². The number of hydrogen-bond donors (Lipinski definition) is 1. The van der Waals surface area contributed by atoms with Crippen molar-refractivity contribution in [3.8, 4) is 0 Å². The molecule has 1 aliphatic rings. The Balaban J connectivity index is 1.83. The zero-order valence-corrected chi connectivity index (χ0v) is 11.9. The van der Waals surface area contributed by atoms with E-state index < -0.39 is 17.8 Å². The molecule has 3 rings (SSSR count). The van der Waals surface area contributed by atoms with Crippen molar-refractivity contribution in [2.24, 2.45) is 0 Å². The van der Waals surface area contributed by atoms with E-state index in [1.54, 1.807) is 12.4 Å². The van der Waals surface area contributed by atoms with Crippen molar-refractivity contribution in [1.29, 1.82) is 0 Å². The van der Waals surface area contributed by atoms with Crippen LogP contribution in [0.1, 0.15) is 22.3 Å². The third kappa shape index (κ3) is 2.82. The van der Waals surface area contributed by atoms with Crippen LogP contribution < -0.4 is 0 Å². The van der Waals surface area contributed by atoms with Gasteiger partial charge in [-0.15, -0.1) is 0 Å². The van der Waals surface area contributed by atoms with Gasteiger partial charge in [0.2, 0.25) is 0 Å². The first-order chi connectivity index (χ1) is 10.7. The van der Waals surface area contributed by atoms with Crippen LogP contribution in [-0.4, -0.2) is 44.6 Å². The first kappa shape index (κ1) is 14.6. The molecule has 0 aliphatic carbocycles. The van der Waals surface area contributed by atoms with Gasteiger partial charge in [-0.1, -0.05) is 6.07 Å². The third-order valence-electron chi connectivity index (χ3n) is 3.94. The van der Waals surface area contributed by atoms with Crippen molar-refractivity contribution < 1.29 is 14.3 Å². The van der Waals surface area contributed by atoms with Crippen LogP contribution in [-0.2, 0) is 6.42 Å². The molecule has 22 heavy (non-hydrogen) atoms. The molecule has 2 atom stereocenters. The largest absolute Gasteiger partial charge is 0.391 e. The number of aromatic nitrogens is 2. The van der Waals surface area contributed by atoms with Crippen LogP contribution >= 0.6 is 0 Å². The van der Waals surface area contributed by atoms with Crippen LogP contribution in [0.25, 0.3) is 0 Å². The van der Waals surface area contributed by atoms with Crippen LogP contribution in [0.3, 0.4) is 0 Å². The number of hydrogen-bond acceptors (Lipinski definition) is 4. The van der Waals surface area contributed by atoms with E-state index in [0.29, 0.717) is 19.4 Å². The Kier molecular flexibility index (Phi) is 4.11. The number of aliphatic hydroxyl groups excluding tert-OH is 1. The van der Waals surface area contributed by atoms with Crippen molar-refractivity contribution in [3.63, 3.8) is 0 Å². The highest BCUT2D eigenvalue weighted by molar-refractivity contribution is 5.94. The second-order valence-electron chi connectivity index (χ2n) is 5.34. The molecule has 3 heterocycles. The molecule has 1 amide bonds. The van der Waals surface area contributed by atoms with E-state index in [-0.39, 0.29) is 11.6 Å². The molecule has 1 N–H and O–H groups in total. The second kappa shape index (κ2) is 6.19. The monoisotopic (exact) mass is 301 g/mol. The van der Waals surface area contributed by atoms with E-state index in [1.165, 1.54) is 17.2 Å². The molecule has 5 nitrogen and oxygen atoms in total. The maximum Gasteiger partial charge on any atom is 0.257 e.